The molecule has 31 heavy (non-hydrogen) atoms. The number of rotatable bonds is 13. The summed E-state index contributed by atoms with van der Waals surface area (Å²) in [5.41, 5.74) is 9.10. The average molecular weight is 570 g/mol. The molecule has 8 heteroatoms. The summed E-state index contributed by atoms with van der Waals surface area (Å²) in [5.74, 6) is 0.331. The number of likely N-dealkylation sites (N-methyl/N-ethyl adjacent to an activating group) is 1. The monoisotopic (exact) mass is 568 g/mol. The van der Waals surface area contributed by atoms with E-state index in [1.807, 2.05) is 24.1 Å². The topological polar surface area (TPSA) is 80.5 Å². The van der Waals surface area contributed by atoms with E-state index in [0.717, 1.165) is 34.1 Å². The number of carbonyl (C=O) groups excluding carboxylic acids is 3. The zero-order chi connectivity index (χ0) is 22.8. The summed E-state index contributed by atoms with van der Waals surface area (Å²) in [5, 5.41) is 0.845. The van der Waals surface area contributed by atoms with E-state index in [0.29, 0.717) is 18.5 Å². The maximum atomic E-state index is 11.7. The number of hydrogen-bond acceptors (Lipinski definition) is 5. The molecule has 0 saturated carbocycles. The van der Waals surface area contributed by atoms with Gasteiger partial charge in [0, 0.05) is 39.3 Å². The highest BCUT2D eigenvalue weighted by molar-refractivity contribution is 9.12. The molecular weight excluding hydrogens is 544 g/mol. The van der Waals surface area contributed by atoms with Crippen LogP contribution < -0.4 is 5.73 Å². The largest absolute Gasteiger partial charge is 0.370 e. The van der Waals surface area contributed by atoms with Crippen LogP contribution in [-0.2, 0) is 21.9 Å². The van der Waals surface area contributed by atoms with Crippen molar-refractivity contribution in [3.8, 4) is 0 Å². The Hall–Kier alpha value is -1.48. The van der Waals surface area contributed by atoms with Crippen molar-refractivity contribution in [3.05, 3.63) is 64.7 Å². The van der Waals surface area contributed by atoms with Crippen LogP contribution in [0.3, 0.4) is 0 Å². The van der Waals surface area contributed by atoms with Gasteiger partial charge in [0.25, 0.3) is 0 Å². The summed E-state index contributed by atoms with van der Waals surface area (Å²) in [4.78, 5) is 37.4. The van der Waals surface area contributed by atoms with Crippen LogP contribution in [0.15, 0.2) is 47.4 Å². The molecule has 0 fully saturated rings. The Balaban J connectivity index is 2.15. The van der Waals surface area contributed by atoms with E-state index in [1.54, 1.807) is 17.8 Å². The van der Waals surface area contributed by atoms with Crippen LogP contribution in [0.5, 0.6) is 0 Å². The maximum absolute atomic E-state index is 11.7. The fraction of sp³-hybridized carbons (Fsp3) is 0.348. The number of nitrogens with zero attached hydrogens (tertiary/aromatic N) is 1. The lowest BCUT2D eigenvalue weighted by atomic mass is 10.1. The predicted octanol–water partition coefficient (Wildman–Crippen LogP) is 4.89. The molecule has 0 aromatic heterocycles. The number of amides is 1. The highest BCUT2D eigenvalue weighted by Crippen LogP contribution is 2.31. The minimum atomic E-state index is -0.441. The Morgan fingerprint density at radius 2 is 1.90 bits per heavy atom. The number of benzene rings is 2. The van der Waals surface area contributed by atoms with Gasteiger partial charge < -0.3 is 10.5 Å². The molecule has 5 nitrogen and oxygen atoms in total. The second kappa shape index (κ2) is 13.2. The molecule has 1 amide bonds. The highest BCUT2D eigenvalue weighted by atomic mass is 79.9. The van der Waals surface area contributed by atoms with E-state index >= 15 is 0 Å². The van der Waals surface area contributed by atoms with Gasteiger partial charge in [0.2, 0.25) is 5.91 Å². The third kappa shape index (κ3) is 7.86. The van der Waals surface area contributed by atoms with Crippen molar-refractivity contribution in [3.63, 3.8) is 0 Å². The molecule has 166 valence electrons. The van der Waals surface area contributed by atoms with Crippen LogP contribution in [0.4, 0.5) is 0 Å². The number of thioether (sulfide) groups is 1. The number of hydrogen-bond donors (Lipinski definition) is 1. The molecule has 2 unspecified atom stereocenters. The summed E-state index contributed by atoms with van der Waals surface area (Å²) in [7, 11) is 1.81. The molecule has 0 saturated heterocycles. The average Bonchev–Trinajstić information content (AvgIpc) is 2.78. The molecule has 2 aromatic carbocycles. The lowest BCUT2D eigenvalue weighted by Gasteiger charge is -2.25. The summed E-state index contributed by atoms with van der Waals surface area (Å²) in [6, 6.07) is 13.7. The third-order valence-corrected chi connectivity index (χ3v) is 8.52. The fourth-order valence-electron chi connectivity index (χ4n) is 3.12. The summed E-state index contributed by atoms with van der Waals surface area (Å²) in [6.07, 6.45) is 2.17. The van der Waals surface area contributed by atoms with E-state index in [4.69, 9.17) is 5.73 Å². The van der Waals surface area contributed by atoms with Crippen LogP contribution >= 0.6 is 43.6 Å². The second-order valence-corrected chi connectivity index (χ2v) is 9.99. The third-order valence-electron chi connectivity index (χ3n) is 4.98. The zero-order valence-corrected chi connectivity index (χ0v) is 21.3. The molecule has 0 bridgehead atoms. The maximum Gasteiger partial charge on any atom is 0.217 e. The van der Waals surface area contributed by atoms with E-state index in [9.17, 15) is 14.4 Å². The molecule has 0 radical (unpaired) electrons. The minimum Gasteiger partial charge on any atom is -0.370 e. The van der Waals surface area contributed by atoms with Gasteiger partial charge in [-0.3, -0.25) is 14.5 Å². The van der Waals surface area contributed by atoms with Crippen LogP contribution in [-0.4, -0.2) is 41.8 Å². The van der Waals surface area contributed by atoms with Gasteiger partial charge in [0.15, 0.2) is 0 Å². The van der Waals surface area contributed by atoms with Crippen molar-refractivity contribution in [2.45, 2.75) is 40.9 Å². The first-order chi connectivity index (χ1) is 14.9. The SMILES string of the molecule is CN(Cc1c(C=O)cccc1SCc1ccc(C(Br)CBr)cc1)C(C=O)CCC(N)=O. The first-order valence-electron chi connectivity index (χ1n) is 9.82. The quantitative estimate of drug-likeness (QED) is 0.211. The number of halogens is 2. The summed E-state index contributed by atoms with van der Waals surface area (Å²) < 4.78 is 0. The molecule has 0 spiro atoms. The first kappa shape index (κ1) is 25.8. The molecule has 0 aliphatic rings. The lowest BCUT2D eigenvalue weighted by molar-refractivity contribution is -0.118. The van der Waals surface area contributed by atoms with Gasteiger partial charge >= 0.3 is 0 Å². The van der Waals surface area contributed by atoms with Gasteiger partial charge in [0.1, 0.15) is 12.6 Å². The number of carbonyl (C=O) groups is 3. The van der Waals surface area contributed by atoms with Crippen LogP contribution in [0.25, 0.3) is 0 Å². The number of aldehydes is 2. The van der Waals surface area contributed by atoms with Crippen LogP contribution in [0.2, 0.25) is 0 Å². The Morgan fingerprint density at radius 3 is 2.48 bits per heavy atom. The van der Waals surface area contributed by atoms with Gasteiger partial charge in [-0.05, 0) is 36.2 Å². The molecular formula is C23H26Br2N2O3S. The summed E-state index contributed by atoms with van der Waals surface area (Å²) >= 11 is 8.77. The number of alkyl halides is 2. The number of nitrogens with two attached hydrogens (primary N) is 1. The van der Waals surface area contributed by atoms with Crippen LogP contribution in [0.1, 0.15) is 44.7 Å². The summed E-state index contributed by atoms with van der Waals surface area (Å²) in [6.45, 7) is 0.425. The zero-order valence-electron chi connectivity index (χ0n) is 17.3. The van der Waals surface area contributed by atoms with Gasteiger partial charge in [-0.1, -0.05) is 68.3 Å². The van der Waals surface area contributed by atoms with Crippen molar-refractivity contribution < 1.29 is 14.4 Å². The Kier molecular flexibility index (Phi) is 10.9. The molecule has 2 rings (SSSR count). The fourth-order valence-corrected chi connectivity index (χ4v) is 4.84. The first-order valence-corrected chi connectivity index (χ1v) is 12.8. The smallest absolute Gasteiger partial charge is 0.217 e. The van der Waals surface area contributed by atoms with E-state index in [2.05, 4.69) is 56.1 Å². The lowest BCUT2D eigenvalue weighted by Crippen LogP contribution is -2.34. The molecule has 0 aliphatic heterocycles. The van der Waals surface area contributed by atoms with Gasteiger partial charge in [-0.15, -0.1) is 11.8 Å². The van der Waals surface area contributed by atoms with E-state index in [1.165, 1.54) is 11.1 Å². The van der Waals surface area contributed by atoms with E-state index in [-0.39, 0.29) is 11.2 Å². The van der Waals surface area contributed by atoms with Gasteiger partial charge in [0.05, 0.1) is 6.04 Å². The molecule has 0 aliphatic carbocycles. The van der Waals surface area contributed by atoms with Crippen molar-refractivity contribution in [1.82, 2.24) is 4.90 Å². The number of primary amides is 1. The van der Waals surface area contributed by atoms with Crippen molar-refractivity contribution in [1.29, 1.82) is 0 Å². The van der Waals surface area contributed by atoms with Gasteiger partial charge in [-0.2, -0.15) is 0 Å². The Labute approximate surface area is 204 Å². The minimum absolute atomic E-state index is 0.144. The second-order valence-electron chi connectivity index (χ2n) is 7.22. The Morgan fingerprint density at radius 1 is 1.19 bits per heavy atom. The molecule has 2 atom stereocenters. The van der Waals surface area contributed by atoms with Crippen molar-refractivity contribution >= 4 is 62.1 Å². The molecule has 2 aromatic rings. The van der Waals surface area contributed by atoms with Crippen molar-refractivity contribution in [2.24, 2.45) is 5.73 Å². The predicted molar refractivity (Wildman–Crippen MR) is 133 cm³/mol. The van der Waals surface area contributed by atoms with E-state index < -0.39 is 11.9 Å². The Bertz CT molecular complexity index is 893. The molecule has 2 N–H and O–H groups in total. The van der Waals surface area contributed by atoms with Gasteiger partial charge in [-0.25, -0.2) is 0 Å². The normalized spacial score (nSPS) is 13.0. The standard InChI is InChI=1S/C23H26Br2N2O3S/c1-27(19(14-29)9-10-23(26)30)12-20-18(13-28)3-2-4-22(20)31-15-16-5-7-17(8-6-16)21(25)11-24/h2-8,13-14,19,21H,9-12,15H2,1H3,(H2,26,30). The van der Waals surface area contributed by atoms with Crippen molar-refractivity contribution in [2.75, 3.05) is 12.4 Å². The highest BCUT2D eigenvalue weighted by Gasteiger charge is 2.18. The molecule has 0 heterocycles. The van der Waals surface area contributed by atoms with Crippen LogP contribution in [0, 0.1) is 0 Å².